The van der Waals surface area contributed by atoms with Gasteiger partial charge in [-0.05, 0) is 56.2 Å². The van der Waals surface area contributed by atoms with Crippen LogP contribution in [-0.4, -0.2) is 43.9 Å². The molecule has 2 fully saturated rings. The predicted octanol–water partition coefficient (Wildman–Crippen LogP) is 4.56. The largest absolute Gasteiger partial charge is 0.424 e. The Morgan fingerprint density at radius 1 is 1.16 bits per heavy atom. The number of piperidine rings is 1. The third kappa shape index (κ3) is 4.37. The Hall–Kier alpha value is -2.87. The second-order valence-electron chi connectivity index (χ2n) is 8.69. The van der Waals surface area contributed by atoms with Gasteiger partial charge in [-0.1, -0.05) is 24.6 Å². The number of anilines is 2. The van der Waals surface area contributed by atoms with Gasteiger partial charge in [0.15, 0.2) is 0 Å². The molecular weight excluding hydrogens is 426 g/mol. The fourth-order valence-electron chi connectivity index (χ4n) is 4.87. The molecule has 8 nitrogen and oxygen atoms in total. The third-order valence-corrected chi connectivity index (χ3v) is 6.56. The van der Waals surface area contributed by atoms with Crippen LogP contribution >= 0.6 is 11.6 Å². The van der Waals surface area contributed by atoms with Gasteiger partial charge in [-0.25, -0.2) is 14.6 Å². The fourth-order valence-corrected chi connectivity index (χ4v) is 5.05. The summed E-state index contributed by atoms with van der Waals surface area (Å²) >= 11 is 6.10. The molecule has 0 radical (unpaired) electrons. The molecule has 0 unspecified atom stereocenters. The third-order valence-electron chi connectivity index (χ3n) is 6.32. The summed E-state index contributed by atoms with van der Waals surface area (Å²) < 4.78 is 7.83. The number of ether oxygens (including phenoxy) is 1. The maximum absolute atomic E-state index is 6.10. The first kappa shape index (κ1) is 21.0. The van der Waals surface area contributed by atoms with E-state index in [1.54, 1.807) is 12.4 Å². The normalized spacial score (nSPS) is 22.2. The molecule has 0 amide bonds. The van der Waals surface area contributed by atoms with Crippen molar-refractivity contribution in [3.63, 3.8) is 0 Å². The molecule has 0 spiro atoms. The Morgan fingerprint density at radius 2 is 1.97 bits per heavy atom. The van der Waals surface area contributed by atoms with Gasteiger partial charge in [-0.2, -0.15) is 4.98 Å². The van der Waals surface area contributed by atoms with E-state index < -0.39 is 0 Å². The van der Waals surface area contributed by atoms with Gasteiger partial charge in [0.05, 0.1) is 0 Å². The van der Waals surface area contributed by atoms with Crippen LogP contribution in [0, 0.1) is 18.8 Å². The summed E-state index contributed by atoms with van der Waals surface area (Å²) in [6, 6.07) is 10.2. The number of hydrogen-bond donors (Lipinski definition) is 1. The summed E-state index contributed by atoms with van der Waals surface area (Å²) in [5.74, 6) is 3.36. The van der Waals surface area contributed by atoms with Crippen LogP contribution < -0.4 is 15.0 Å². The zero-order valence-corrected chi connectivity index (χ0v) is 19.2. The van der Waals surface area contributed by atoms with E-state index in [0.717, 1.165) is 37.6 Å². The number of halogens is 1. The number of hydrogen-bond acceptors (Lipinski definition) is 7. The van der Waals surface area contributed by atoms with E-state index in [1.807, 2.05) is 29.8 Å². The minimum atomic E-state index is 0.352. The number of nitrogens with zero attached hydrogens (tertiary/aromatic N) is 6. The standard InChI is InChI=1S/C23H28ClN7O/c1-3-9-31-23(32-19-6-4-5-18(24)11-19)28-22(29-31)27-21-16-7-8-17(21)13-30(12-16)20-10-15(2)25-14-26-20/h4-6,10-11,14,16-17,21H,3,7-9,12-13H2,1-2H3,(H,27,29)/t16-,17+,21+. The summed E-state index contributed by atoms with van der Waals surface area (Å²) in [5, 5.41) is 8.96. The van der Waals surface area contributed by atoms with Crippen LogP contribution in [0.3, 0.4) is 0 Å². The number of nitrogens with one attached hydrogen (secondary N) is 1. The molecule has 1 aliphatic heterocycles. The van der Waals surface area contributed by atoms with Crippen LogP contribution in [-0.2, 0) is 6.54 Å². The lowest BCUT2D eigenvalue weighted by molar-refractivity contribution is 0.374. The minimum Gasteiger partial charge on any atom is -0.424 e. The summed E-state index contributed by atoms with van der Waals surface area (Å²) in [7, 11) is 0. The van der Waals surface area contributed by atoms with Crippen LogP contribution in [0.2, 0.25) is 5.02 Å². The van der Waals surface area contributed by atoms with E-state index in [2.05, 4.69) is 38.2 Å². The Labute approximate surface area is 193 Å². The van der Waals surface area contributed by atoms with Crippen molar-refractivity contribution in [1.29, 1.82) is 0 Å². The van der Waals surface area contributed by atoms with Gasteiger partial charge in [0.25, 0.3) is 0 Å². The number of aryl methyl sites for hydroxylation is 2. The first-order chi connectivity index (χ1) is 15.6. The van der Waals surface area contributed by atoms with E-state index >= 15 is 0 Å². The van der Waals surface area contributed by atoms with E-state index in [1.165, 1.54) is 12.8 Å². The molecule has 1 N–H and O–H groups in total. The predicted molar refractivity (Wildman–Crippen MR) is 124 cm³/mol. The molecule has 168 valence electrons. The molecule has 1 saturated heterocycles. The molecule has 32 heavy (non-hydrogen) atoms. The summed E-state index contributed by atoms with van der Waals surface area (Å²) in [6.45, 7) is 6.82. The van der Waals surface area contributed by atoms with E-state index in [9.17, 15) is 0 Å². The molecule has 2 aromatic heterocycles. The van der Waals surface area contributed by atoms with Gasteiger partial charge in [0, 0.05) is 42.5 Å². The highest BCUT2D eigenvalue weighted by Crippen LogP contribution is 2.39. The first-order valence-corrected chi connectivity index (χ1v) is 11.6. The van der Waals surface area contributed by atoms with Gasteiger partial charge in [0.1, 0.15) is 17.9 Å². The quantitative estimate of drug-likeness (QED) is 0.561. The highest BCUT2D eigenvalue weighted by Gasteiger charge is 2.43. The lowest BCUT2D eigenvalue weighted by Crippen LogP contribution is -2.48. The summed E-state index contributed by atoms with van der Waals surface area (Å²) in [5.41, 5.74) is 1.00. The SMILES string of the molecule is CCCn1nc(N[C@H]2[C@@H]3CC[C@H]2CN(c2cc(C)ncn2)C3)nc1Oc1cccc(Cl)c1. The Morgan fingerprint density at radius 3 is 2.69 bits per heavy atom. The van der Waals surface area contributed by atoms with Gasteiger partial charge in [-0.3, -0.25) is 0 Å². The number of aromatic nitrogens is 5. The molecule has 5 rings (SSSR count). The van der Waals surface area contributed by atoms with Crippen molar-refractivity contribution in [1.82, 2.24) is 24.7 Å². The van der Waals surface area contributed by atoms with Crippen LogP contribution in [0.15, 0.2) is 36.7 Å². The lowest BCUT2D eigenvalue weighted by Gasteiger charge is -2.38. The molecule has 3 aromatic rings. The van der Waals surface area contributed by atoms with Gasteiger partial charge < -0.3 is 15.0 Å². The number of fused-ring (bicyclic) bond motifs is 2. The monoisotopic (exact) mass is 453 g/mol. The van der Waals surface area contributed by atoms with Gasteiger partial charge in [-0.15, -0.1) is 5.10 Å². The molecule has 2 bridgehead atoms. The fraction of sp³-hybridized carbons (Fsp3) is 0.478. The van der Waals surface area contributed by atoms with Gasteiger partial charge in [0.2, 0.25) is 5.95 Å². The molecular formula is C23H28ClN7O. The van der Waals surface area contributed by atoms with Crippen molar-refractivity contribution < 1.29 is 4.74 Å². The number of rotatable bonds is 7. The summed E-state index contributed by atoms with van der Waals surface area (Å²) in [6.07, 6.45) is 4.99. The maximum Gasteiger partial charge on any atom is 0.322 e. The van der Waals surface area contributed by atoms with Crippen LogP contribution in [0.1, 0.15) is 31.9 Å². The minimum absolute atomic E-state index is 0.352. The second-order valence-corrected chi connectivity index (χ2v) is 9.13. The Balaban J connectivity index is 1.31. The summed E-state index contributed by atoms with van der Waals surface area (Å²) in [4.78, 5) is 15.8. The average Bonchev–Trinajstić information content (AvgIpc) is 3.23. The Bertz CT molecular complexity index is 1070. The maximum atomic E-state index is 6.10. The zero-order chi connectivity index (χ0) is 22.1. The highest BCUT2D eigenvalue weighted by molar-refractivity contribution is 6.30. The van der Waals surface area contributed by atoms with Crippen molar-refractivity contribution in [2.75, 3.05) is 23.3 Å². The lowest BCUT2D eigenvalue weighted by atomic mass is 9.92. The van der Waals surface area contributed by atoms with Crippen LogP contribution in [0.4, 0.5) is 11.8 Å². The van der Waals surface area contributed by atoms with Crippen molar-refractivity contribution in [2.45, 2.75) is 45.7 Å². The van der Waals surface area contributed by atoms with Crippen molar-refractivity contribution >= 4 is 23.4 Å². The molecule has 1 aromatic carbocycles. The molecule has 3 atom stereocenters. The van der Waals surface area contributed by atoms with Crippen molar-refractivity contribution in [3.05, 3.63) is 47.4 Å². The zero-order valence-electron chi connectivity index (χ0n) is 18.4. The van der Waals surface area contributed by atoms with E-state index in [4.69, 9.17) is 21.4 Å². The molecule has 2 aliphatic rings. The van der Waals surface area contributed by atoms with Crippen LogP contribution in [0.25, 0.3) is 0 Å². The van der Waals surface area contributed by atoms with Crippen molar-refractivity contribution in [3.8, 4) is 11.8 Å². The molecule has 9 heteroatoms. The number of benzene rings is 1. The van der Waals surface area contributed by atoms with Gasteiger partial charge >= 0.3 is 6.01 Å². The van der Waals surface area contributed by atoms with Crippen molar-refractivity contribution in [2.24, 2.45) is 11.8 Å². The first-order valence-electron chi connectivity index (χ1n) is 11.3. The molecule has 3 heterocycles. The smallest absolute Gasteiger partial charge is 0.322 e. The van der Waals surface area contributed by atoms with E-state index in [0.29, 0.717) is 40.6 Å². The topological polar surface area (TPSA) is 81.0 Å². The average molecular weight is 454 g/mol. The molecule has 1 aliphatic carbocycles. The van der Waals surface area contributed by atoms with E-state index in [-0.39, 0.29) is 0 Å². The Kier molecular flexibility index (Phi) is 5.87. The van der Waals surface area contributed by atoms with Crippen LogP contribution in [0.5, 0.6) is 11.8 Å². The highest BCUT2D eigenvalue weighted by atomic mass is 35.5. The molecule has 1 saturated carbocycles. The second kappa shape index (κ2) is 8.94.